The van der Waals surface area contributed by atoms with Gasteiger partial charge in [-0.2, -0.15) is 0 Å². The molecule has 35 heavy (non-hydrogen) atoms. The van der Waals surface area contributed by atoms with Gasteiger partial charge < -0.3 is 19.9 Å². The summed E-state index contributed by atoms with van der Waals surface area (Å²) in [6.45, 7) is 6.42. The zero-order valence-corrected chi connectivity index (χ0v) is 20.2. The van der Waals surface area contributed by atoms with Gasteiger partial charge in [-0.25, -0.2) is 14.4 Å². The number of anilines is 3. The lowest BCUT2D eigenvalue weighted by molar-refractivity contribution is -0.133. The van der Waals surface area contributed by atoms with Crippen LogP contribution in [0.4, 0.5) is 21.6 Å². The van der Waals surface area contributed by atoms with Crippen molar-refractivity contribution >= 4 is 57.2 Å². The summed E-state index contributed by atoms with van der Waals surface area (Å²) in [4.78, 5) is 25.2. The maximum atomic E-state index is 14.7. The van der Waals surface area contributed by atoms with Crippen molar-refractivity contribution in [1.29, 1.82) is 0 Å². The van der Waals surface area contributed by atoms with Gasteiger partial charge in [0.25, 0.3) is 0 Å². The lowest BCUT2D eigenvalue weighted by Crippen LogP contribution is -2.66. The number of ether oxygens (including phenoxy) is 1. The van der Waals surface area contributed by atoms with E-state index in [9.17, 15) is 9.18 Å². The van der Waals surface area contributed by atoms with Gasteiger partial charge in [-0.05, 0) is 42.5 Å². The van der Waals surface area contributed by atoms with E-state index in [4.69, 9.17) is 27.9 Å². The largest absolute Gasteiger partial charge is 0.489 e. The van der Waals surface area contributed by atoms with Crippen LogP contribution in [0.2, 0.25) is 10.0 Å². The maximum absolute atomic E-state index is 14.7. The Morgan fingerprint density at radius 1 is 1.23 bits per heavy atom. The van der Waals surface area contributed by atoms with E-state index in [-0.39, 0.29) is 21.6 Å². The number of hydrogen-bond acceptors (Lipinski definition) is 6. The Morgan fingerprint density at radius 2 is 2.03 bits per heavy atom. The Hall–Kier alpha value is -3.10. The van der Waals surface area contributed by atoms with E-state index >= 15 is 0 Å². The molecule has 10 heteroatoms. The van der Waals surface area contributed by atoms with Crippen molar-refractivity contribution in [2.24, 2.45) is 11.8 Å². The summed E-state index contributed by atoms with van der Waals surface area (Å²) >= 11 is 11.9. The number of carbonyl (C=O) groups excluding carboxylic acids is 1. The number of halogens is 3. The van der Waals surface area contributed by atoms with Gasteiger partial charge in [-0.15, -0.1) is 0 Å². The molecule has 1 N–H and O–H groups in total. The molecule has 2 atom stereocenters. The first kappa shape index (κ1) is 22.4. The van der Waals surface area contributed by atoms with Crippen molar-refractivity contribution in [2.75, 3.05) is 36.5 Å². The van der Waals surface area contributed by atoms with Crippen LogP contribution in [0, 0.1) is 17.7 Å². The first-order valence-electron chi connectivity index (χ1n) is 11.4. The topological polar surface area (TPSA) is 70.6 Å². The molecule has 4 aliphatic rings. The first-order valence-corrected chi connectivity index (χ1v) is 12.2. The molecule has 2 aromatic carbocycles. The van der Waals surface area contributed by atoms with E-state index < -0.39 is 5.82 Å². The number of rotatable bonds is 4. The standard InChI is InChI=1S/C25H22Cl2FN5O2/c1-2-21(34)32-10-13-7-14(11-32)24(13)33-5-6-35-20-9-18-15(8-19(20)33)25(30-12-29-18)31-17-4-3-16(26)22(27)23(17)28/h2-4,8-9,12-14,24H,1,5-7,10-11H2,(H,29,30,31). The molecule has 3 fully saturated rings. The monoisotopic (exact) mass is 513 g/mol. The van der Waals surface area contributed by atoms with E-state index in [1.165, 1.54) is 24.5 Å². The van der Waals surface area contributed by atoms with Crippen molar-refractivity contribution < 1.29 is 13.9 Å². The van der Waals surface area contributed by atoms with Gasteiger partial charge in [0, 0.05) is 30.6 Å². The number of benzene rings is 2. The van der Waals surface area contributed by atoms with E-state index in [1.54, 1.807) is 0 Å². The number of nitrogens with zero attached hydrogens (tertiary/aromatic N) is 4. The lowest BCUT2D eigenvalue weighted by Gasteiger charge is -2.58. The highest BCUT2D eigenvalue weighted by Crippen LogP contribution is 2.48. The summed E-state index contributed by atoms with van der Waals surface area (Å²) in [7, 11) is 0. The van der Waals surface area contributed by atoms with Crippen LogP contribution in [0.25, 0.3) is 10.9 Å². The molecule has 2 saturated heterocycles. The molecular weight excluding hydrogens is 492 g/mol. The van der Waals surface area contributed by atoms with Crippen LogP contribution in [0.1, 0.15) is 6.42 Å². The minimum absolute atomic E-state index is 0.00563. The normalized spacial score (nSPS) is 22.8. The molecule has 0 spiro atoms. The van der Waals surface area contributed by atoms with E-state index in [0.29, 0.717) is 35.8 Å². The van der Waals surface area contributed by atoms with Crippen molar-refractivity contribution in [3.05, 3.63) is 59.1 Å². The molecule has 1 amide bonds. The Kier molecular flexibility index (Phi) is 5.45. The maximum Gasteiger partial charge on any atom is 0.245 e. The SMILES string of the molecule is C=CC(=O)N1CC2CC(C1)C2N1CCOc2cc3ncnc(Nc4ccc(Cl)c(Cl)c4F)c3cc21. The Morgan fingerprint density at radius 3 is 2.80 bits per heavy atom. The molecule has 7 rings (SSSR count). The number of amides is 1. The first-order chi connectivity index (χ1) is 16.9. The number of piperidine rings is 2. The molecule has 2 unspecified atom stereocenters. The van der Waals surface area contributed by atoms with Gasteiger partial charge in [-0.1, -0.05) is 29.8 Å². The quantitative estimate of drug-likeness (QED) is 0.388. The average Bonchev–Trinajstić information content (AvgIpc) is 2.88. The fraction of sp³-hybridized carbons (Fsp3) is 0.320. The molecule has 4 heterocycles. The average molecular weight is 514 g/mol. The predicted molar refractivity (Wildman–Crippen MR) is 134 cm³/mol. The molecule has 3 aromatic rings. The van der Waals surface area contributed by atoms with Crippen molar-refractivity contribution in [1.82, 2.24) is 14.9 Å². The summed E-state index contributed by atoms with van der Waals surface area (Å²) in [5.74, 6) is 1.36. The summed E-state index contributed by atoms with van der Waals surface area (Å²) < 4.78 is 20.7. The van der Waals surface area contributed by atoms with Gasteiger partial charge in [0.15, 0.2) is 5.82 Å². The van der Waals surface area contributed by atoms with E-state index in [0.717, 1.165) is 42.9 Å². The molecule has 1 saturated carbocycles. The fourth-order valence-electron chi connectivity index (χ4n) is 5.63. The molecule has 3 aliphatic heterocycles. The smallest absolute Gasteiger partial charge is 0.245 e. The minimum atomic E-state index is -0.644. The van der Waals surface area contributed by atoms with Crippen LogP contribution >= 0.6 is 23.2 Å². The van der Waals surface area contributed by atoms with Crippen molar-refractivity contribution in [3.8, 4) is 5.75 Å². The Labute approximate surface area is 211 Å². The van der Waals surface area contributed by atoms with Gasteiger partial charge >= 0.3 is 0 Å². The molecule has 7 nitrogen and oxygen atoms in total. The Bertz CT molecular complexity index is 1360. The highest BCUT2D eigenvalue weighted by atomic mass is 35.5. The van der Waals surface area contributed by atoms with Gasteiger partial charge in [0.2, 0.25) is 5.91 Å². The van der Waals surface area contributed by atoms with Crippen LogP contribution < -0.4 is 15.0 Å². The van der Waals surface area contributed by atoms with E-state index in [2.05, 4.69) is 26.8 Å². The molecule has 2 bridgehead atoms. The fourth-order valence-corrected chi connectivity index (χ4v) is 5.94. The van der Waals surface area contributed by atoms with Crippen molar-refractivity contribution in [2.45, 2.75) is 12.5 Å². The van der Waals surface area contributed by atoms with Crippen LogP contribution in [0.5, 0.6) is 5.75 Å². The van der Waals surface area contributed by atoms with E-state index in [1.807, 2.05) is 17.0 Å². The number of hydrogen-bond donors (Lipinski definition) is 1. The number of fused-ring (bicyclic) bond motifs is 4. The zero-order chi connectivity index (χ0) is 24.3. The third kappa shape index (κ3) is 3.67. The molecule has 1 aliphatic carbocycles. The summed E-state index contributed by atoms with van der Waals surface area (Å²) in [6, 6.07) is 7.29. The molecule has 180 valence electrons. The van der Waals surface area contributed by atoms with Crippen molar-refractivity contribution in [3.63, 3.8) is 0 Å². The molecular formula is C25H22Cl2FN5O2. The molecule has 1 aromatic heterocycles. The van der Waals surface area contributed by atoms with Gasteiger partial charge in [-0.3, -0.25) is 4.79 Å². The van der Waals surface area contributed by atoms with Crippen LogP contribution in [0.3, 0.4) is 0 Å². The number of carbonyl (C=O) groups is 1. The lowest BCUT2D eigenvalue weighted by atomic mass is 9.65. The van der Waals surface area contributed by atoms with Gasteiger partial charge in [0.1, 0.15) is 24.5 Å². The highest BCUT2D eigenvalue weighted by molar-refractivity contribution is 6.42. The van der Waals surface area contributed by atoms with Crippen LogP contribution in [-0.4, -0.2) is 53.1 Å². The Balaban J connectivity index is 1.35. The second-order valence-corrected chi connectivity index (χ2v) is 9.93. The summed E-state index contributed by atoms with van der Waals surface area (Å²) in [5.41, 5.74) is 1.81. The second-order valence-electron chi connectivity index (χ2n) is 9.14. The minimum Gasteiger partial charge on any atom is -0.489 e. The number of nitrogens with one attached hydrogen (secondary N) is 1. The summed E-state index contributed by atoms with van der Waals surface area (Å²) in [5, 5.41) is 3.78. The van der Waals surface area contributed by atoms with Gasteiger partial charge in [0.05, 0.1) is 33.5 Å². The number of aromatic nitrogens is 2. The molecule has 0 radical (unpaired) electrons. The zero-order valence-electron chi connectivity index (χ0n) is 18.7. The highest BCUT2D eigenvalue weighted by Gasteiger charge is 2.51. The summed E-state index contributed by atoms with van der Waals surface area (Å²) in [6.07, 6.45) is 3.92. The van der Waals surface area contributed by atoms with Crippen LogP contribution in [-0.2, 0) is 4.79 Å². The predicted octanol–water partition coefficient (Wildman–Crippen LogP) is 5.05. The third-order valence-corrected chi connectivity index (χ3v) is 8.01. The second kappa shape index (κ2) is 8.53. The third-order valence-electron chi connectivity index (χ3n) is 7.23. The van der Waals surface area contributed by atoms with Crippen LogP contribution in [0.15, 0.2) is 43.2 Å².